The molecule has 0 amide bonds. The molecular formula is C13H13F3N2O. The van der Waals surface area contributed by atoms with Crippen LogP contribution in [0.15, 0.2) is 18.2 Å². The summed E-state index contributed by atoms with van der Waals surface area (Å²) in [4.78, 5) is 12.0. The van der Waals surface area contributed by atoms with Crippen LogP contribution in [0.3, 0.4) is 0 Å². The van der Waals surface area contributed by atoms with Crippen LogP contribution in [0.1, 0.15) is 29.3 Å². The fourth-order valence-corrected chi connectivity index (χ4v) is 1.67. The first kappa shape index (κ1) is 15.0. The molecule has 0 radical (unpaired) electrons. The van der Waals surface area contributed by atoms with E-state index in [2.05, 4.69) is 0 Å². The van der Waals surface area contributed by atoms with Gasteiger partial charge in [0.05, 0.1) is 18.1 Å². The number of aldehydes is 1. The van der Waals surface area contributed by atoms with Gasteiger partial charge in [0.1, 0.15) is 6.29 Å². The molecule has 1 unspecified atom stereocenters. The number of anilines is 1. The molecule has 0 aromatic heterocycles. The SMILES string of the molecule is CC(CC#N)N(C)c1ccc(C=O)cc1C(F)(F)F. The van der Waals surface area contributed by atoms with E-state index in [1.165, 1.54) is 24.1 Å². The van der Waals surface area contributed by atoms with Gasteiger partial charge in [-0.15, -0.1) is 0 Å². The van der Waals surface area contributed by atoms with Crippen LogP contribution in [-0.2, 0) is 6.18 Å². The lowest BCUT2D eigenvalue weighted by Crippen LogP contribution is -2.30. The highest BCUT2D eigenvalue weighted by atomic mass is 19.4. The first-order valence-electron chi connectivity index (χ1n) is 5.57. The summed E-state index contributed by atoms with van der Waals surface area (Å²) < 4.78 is 38.9. The number of benzene rings is 1. The summed E-state index contributed by atoms with van der Waals surface area (Å²) in [6.07, 6.45) is -4.06. The van der Waals surface area contributed by atoms with Crippen LogP contribution in [0.4, 0.5) is 18.9 Å². The average Bonchev–Trinajstić information content (AvgIpc) is 2.36. The summed E-state index contributed by atoms with van der Waals surface area (Å²) >= 11 is 0. The van der Waals surface area contributed by atoms with Crippen molar-refractivity contribution >= 4 is 12.0 Å². The van der Waals surface area contributed by atoms with Gasteiger partial charge in [-0.1, -0.05) is 0 Å². The molecule has 0 aliphatic carbocycles. The second kappa shape index (κ2) is 5.74. The molecule has 0 bridgehead atoms. The van der Waals surface area contributed by atoms with Crippen LogP contribution in [-0.4, -0.2) is 19.4 Å². The molecule has 102 valence electrons. The van der Waals surface area contributed by atoms with Gasteiger partial charge in [-0.25, -0.2) is 0 Å². The number of nitriles is 1. The van der Waals surface area contributed by atoms with Crippen molar-refractivity contribution in [1.29, 1.82) is 5.26 Å². The van der Waals surface area contributed by atoms with Gasteiger partial charge in [0.15, 0.2) is 0 Å². The summed E-state index contributed by atoms with van der Waals surface area (Å²) in [5.41, 5.74) is -0.942. The number of halogens is 3. The smallest absolute Gasteiger partial charge is 0.370 e. The van der Waals surface area contributed by atoms with Crippen LogP contribution < -0.4 is 4.90 Å². The molecule has 19 heavy (non-hydrogen) atoms. The predicted molar refractivity (Wildman–Crippen MR) is 64.9 cm³/mol. The summed E-state index contributed by atoms with van der Waals surface area (Å²) in [6, 6.07) is 4.96. The summed E-state index contributed by atoms with van der Waals surface area (Å²) in [5.74, 6) is 0. The number of carbonyl (C=O) groups excluding carboxylic acids is 1. The maximum absolute atomic E-state index is 13.0. The Morgan fingerprint density at radius 1 is 1.47 bits per heavy atom. The van der Waals surface area contributed by atoms with Gasteiger partial charge in [-0.05, 0) is 25.1 Å². The van der Waals surface area contributed by atoms with Gasteiger partial charge >= 0.3 is 6.18 Å². The topological polar surface area (TPSA) is 44.1 Å². The largest absolute Gasteiger partial charge is 0.418 e. The molecule has 1 rings (SSSR count). The van der Waals surface area contributed by atoms with Crippen molar-refractivity contribution < 1.29 is 18.0 Å². The summed E-state index contributed by atoms with van der Waals surface area (Å²) in [6.45, 7) is 1.66. The van der Waals surface area contributed by atoms with Crippen molar-refractivity contribution in [1.82, 2.24) is 0 Å². The second-order valence-electron chi connectivity index (χ2n) is 4.21. The van der Waals surface area contributed by atoms with E-state index < -0.39 is 11.7 Å². The van der Waals surface area contributed by atoms with Crippen LogP contribution in [0.2, 0.25) is 0 Å². The monoisotopic (exact) mass is 270 g/mol. The molecule has 3 nitrogen and oxygen atoms in total. The molecule has 0 aliphatic heterocycles. The van der Waals surface area contributed by atoms with E-state index in [1.807, 2.05) is 6.07 Å². The van der Waals surface area contributed by atoms with Gasteiger partial charge in [-0.3, -0.25) is 4.79 Å². The van der Waals surface area contributed by atoms with Crippen molar-refractivity contribution in [3.05, 3.63) is 29.3 Å². The van der Waals surface area contributed by atoms with E-state index in [4.69, 9.17) is 5.26 Å². The third-order valence-corrected chi connectivity index (χ3v) is 2.89. The number of rotatable bonds is 4. The van der Waals surface area contributed by atoms with Crippen molar-refractivity contribution in [3.8, 4) is 6.07 Å². The molecule has 0 saturated carbocycles. The number of alkyl halides is 3. The van der Waals surface area contributed by atoms with Crippen LogP contribution >= 0.6 is 0 Å². The fourth-order valence-electron chi connectivity index (χ4n) is 1.67. The molecule has 0 spiro atoms. The van der Waals surface area contributed by atoms with Crippen molar-refractivity contribution in [3.63, 3.8) is 0 Å². The maximum Gasteiger partial charge on any atom is 0.418 e. The highest BCUT2D eigenvalue weighted by Crippen LogP contribution is 2.37. The Balaban J connectivity index is 3.27. The molecule has 0 saturated heterocycles. The molecule has 0 heterocycles. The lowest BCUT2D eigenvalue weighted by atomic mass is 10.1. The molecular weight excluding hydrogens is 257 g/mol. The Hall–Kier alpha value is -2.03. The zero-order valence-electron chi connectivity index (χ0n) is 10.5. The molecule has 1 atom stereocenters. The lowest BCUT2D eigenvalue weighted by molar-refractivity contribution is -0.137. The Kier molecular flexibility index (Phi) is 4.54. The predicted octanol–water partition coefficient (Wildman–Crippen LogP) is 3.26. The van der Waals surface area contributed by atoms with Gasteiger partial charge in [0, 0.05) is 24.3 Å². The first-order valence-corrected chi connectivity index (χ1v) is 5.57. The average molecular weight is 270 g/mol. The molecule has 1 aromatic carbocycles. The van der Waals surface area contributed by atoms with Crippen LogP contribution in [0.25, 0.3) is 0 Å². The molecule has 0 N–H and O–H groups in total. The Morgan fingerprint density at radius 2 is 2.11 bits per heavy atom. The van der Waals surface area contributed by atoms with E-state index in [9.17, 15) is 18.0 Å². The van der Waals surface area contributed by atoms with E-state index in [0.29, 0.717) is 6.29 Å². The minimum Gasteiger partial charge on any atom is -0.370 e. The number of nitrogens with zero attached hydrogens (tertiary/aromatic N) is 2. The first-order chi connectivity index (χ1) is 8.81. The van der Waals surface area contributed by atoms with Gasteiger partial charge in [-0.2, -0.15) is 18.4 Å². The zero-order chi connectivity index (χ0) is 14.6. The second-order valence-corrected chi connectivity index (χ2v) is 4.21. The molecule has 0 fully saturated rings. The third-order valence-electron chi connectivity index (χ3n) is 2.89. The minimum absolute atomic E-state index is 0.0302. The zero-order valence-corrected chi connectivity index (χ0v) is 10.5. The van der Waals surface area contributed by atoms with Gasteiger partial charge < -0.3 is 4.90 Å². The van der Waals surface area contributed by atoms with Crippen LogP contribution in [0, 0.1) is 11.3 Å². The van der Waals surface area contributed by atoms with Crippen molar-refractivity contribution in [2.75, 3.05) is 11.9 Å². The maximum atomic E-state index is 13.0. The number of hydrogen-bond acceptors (Lipinski definition) is 3. The highest BCUT2D eigenvalue weighted by molar-refractivity contribution is 5.77. The lowest BCUT2D eigenvalue weighted by Gasteiger charge is -2.28. The number of carbonyl (C=O) groups is 1. The van der Waals surface area contributed by atoms with E-state index in [0.717, 1.165) is 6.07 Å². The quantitative estimate of drug-likeness (QED) is 0.789. The van der Waals surface area contributed by atoms with E-state index in [-0.39, 0.29) is 23.7 Å². The Morgan fingerprint density at radius 3 is 2.58 bits per heavy atom. The Bertz CT molecular complexity index is 506. The highest BCUT2D eigenvalue weighted by Gasteiger charge is 2.35. The van der Waals surface area contributed by atoms with Crippen molar-refractivity contribution in [2.24, 2.45) is 0 Å². The third kappa shape index (κ3) is 3.47. The minimum atomic E-state index is -4.55. The molecule has 0 aliphatic rings. The van der Waals surface area contributed by atoms with Crippen molar-refractivity contribution in [2.45, 2.75) is 25.6 Å². The standard InChI is InChI=1S/C13H13F3N2O/c1-9(5-6-17)18(2)12-4-3-10(8-19)7-11(12)13(14,15)16/h3-4,7-9H,5H2,1-2H3. The summed E-state index contributed by atoms with van der Waals surface area (Å²) in [5, 5.41) is 8.60. The Labute approximate surface area is 109 Å². The summed E-state index contributed by atoms with van der Waals surface area (Å²) in [7, 11) is 1.49. The normalized spacial score (nSPS) is 12.6. The van der Waals surface area contributed by atoms with Gasteiger partial charge in [0.2, 0.25) is 0 Å². The van der Waals surface area contributed by atoms with Gasteiger partial charge in [0.25, 0.3) is 0 Å². The van der Waals surface area contributed by atoms with E-state index >= 15 is 0 Å². The number of hydrogen-bond donors (Lipinski definition) is 0. The van der Waals surface area contributed by atoms with Crippen LogP contribution in [0.5, 0.6) is 0 Å². The molecule has 1 aromatic rings. The fraction of sp³-hybridized carbons (Fsp3) is 0.385. The van der Waals surface area contributed by atoms with E-state index in [1.54, 1.807) is 6.92 Å². The molecule has 6 heteroatoms.